The fourth-order valence-electron chi connectivity index (χ4n) is 3.64. The Morgan fingerprint density at radius 3 is 2.23 bits per heavy atom. The first-order chi connectivity index (χ1) is 18.8. The van der Waals surface area contributed by atoms with Gasteiger partial charge in [0.1, 0.15) is 6.04 Å². The van der Waals surface area contributed by atoms with E-state index in [-0.39, 0.29) is 17.3 Å². The predicted octanol–water partition coefficient (Wildman–Crippen LogP) is 1.95. The number of anilines is 3. The summed E-state index contributed by atoms with van der Waals surface area (Å²) in [5.41, 5.74) is 13.7. The summed E-state index contributed by atoms with van der Waals surface area (Å²) >= 11 is 0. The van der Waals surface area contributed by atoms with E-state index in [9.17, 15) is 18.8 Å². The number of aromatic nitrogens is 4. The summed E-state index contributed by atoms with van der Waals surface area (Å²) in [7, 11) is 1.82. The molecule has 0 fully saturated rings. The van der Waals surface area contributed by atoms with E-state index < -0.39 is 48.7 Å². The molecule has 1 amide bonds. The van der Waals surface area contributed by atoms with E-state index in [4.69, 9.17) is 20.9 Å². The van der Waals surface area contributed by atoms with Crippen molar-refractivity contribution in [3.8, 4) is 0 Å². The van der Waals surface area contributed by atoms with Crippen molar-refractivity contribution in [2.24, 2.45) is 0 Å². The number of nitrogen functional groups attached to an aromatic ring is 2. The Bertz CT molecular complexity index is 1370. The van der Waals surface area contributed by atoms with Gasteiger partial charge in [-0.25, -0.2) is 23.9 Å². The molecule has 214 valence electrons. The quantitative estimate of drug-likeness (QED) is 0.292. The van der Waals surface area contributed by atoms with Crippen molar-refractivity contribution in [3.63, 3.8) is 0 Å². The average Bonchev–Trinajstić information content (AvgIpc) is 2.87. The molecule has 2 atom stereocenters. The number of alkyl halides is 1. The third-order valence-corrected chi connectivity index (χ3v) is 5.46. The number of esters is 2. The molecule has 0 radical (unpaired) electrons. The maximum atomic E-state index is 14.5. The lowest BCUT2D eigenvalue weighted by Crippen LogP contribution is -2.45. The van der Waals surface area contributed by atoms with E-state index in [1.165, 1.54) is 0 Å². The maximum absolute atomic E-state index is 14.5. The van der Waals surface area contributed by atoms with Gasteiger partial charge in [0.05, 0.1) is 30.6 Å². The van der Waals surface area contributed by atoms with Crippen molar-refractivity contribution in [1.29, 1.82) is 0 Å². The molecule has 2 heterocycles. The van der Waals surface area contributed by atoms with E-state index in [2.05, 4.69) is 25.3 Å². The van der Waals surface area contributed by atoms with Gasteiger partial charge in [0.2, 0.25) is 5.95 Å². The van der Waals surface area contributed by atoms with Gasteiger partial charge in [-0.3, -0.25) is 4.79 Å². The van der Waals surface area contributed by atoms with Crippen LogP contribution >= 0.6 is 0 Å². The van der Waals surface area contributed by atoms with Crippen LogP contribution in [0.3, 0.4) is 0 Å². The minimum absolute atomic E-state index is 0.00886. The van der Waals surface area contributed by atoms with Crippen LogP contribution in [0.1, 0.15) is 50.2 Å². The van der Waals surface area contributed by atoms with Crippen LogP contribution in [0.15, 0.2) is 30.5 Å². The number of nitrogens with one attached hydrogen (secondary N) is 1. The summed E-state index contributed by atoms with van der Waals surface area (Å²) in [6.07, 6.45) is -2.23. The summed E-state index contributed by atoms with van der Waals surface area (Å²) in [5.74, 6) is -2.48. The number of rotatable bonds is 11. The SMILES string of the molecule is CC(C)OC(=O)[C@H](F)C[C@H](NC(=O)c1ccc(N(C)Cc2cnc3nc(N)nc(N)c3n2)cc1)C(=O)OC(C)C. The lowest BCUT2D eigenvalue weighted by Gasteiger charge is -2.21. The number of carbonyl (C=O) groups is 3. The van der Waals surface area contributed by atoms with Crippen molar-refractivity contribution in [3.05, 3.63) is 41.7 Å². The van der Waals surface area contributed by atoms with Crippen LogP contribution in [0.4, 0.5) is 21.8 Å². The summed E-state index contributed by atoms with van der Waals surface area (Å²) in [6.45, 7) is 6.75. The molecule has 14 heteroatoms. The normalized spacial score (nSPS) is 12.7. The molecule has 3 rings (SSSR count). The van der Waals surface area contributed by atoms with Crippen LogP contribution in [0.5, 0.6) is 0 Å². The van der Waals surface area contributed by atoms with Gasteiger partial charge >= 0.3 is 11.9 Å². The molecule has 1 aromatic carbocycles. The molecule has 0 aliphatic rings. The number of hydrogen-bond acceptors (Lipinski definition) is 12. The zero-order valence-corrected chi connectivity index (χ0v) is 22.9. The first kappa shape index (κ1) is 29.9. The highest BCUT2D eigenvalue weighted by molar-refractivity contribution is 5.97. The molecule has 0 saturated carbocycles. The Labute approximate surface area is 230 Å². The van der Waals surface area contributed by atoms with E-state index in [0.717, 1.165) is 5.69 Å². The predicted molar refractivity (Wildman–Crippen MR) is 146 cm³/mol. The Morgan fingerprint density at radius 2 is 1.60 bits per heavy atom. The molecule has 40 heavy (non-hydrogen) atoms. The lowest BCUT2D eigenvalue weighted by molar-refractivity contribution is -0.155. The minimum Gasteiger partial charge on any atom is -0.461 e. The molecule has 3 aromatic rings. The smallest absolute Gasteiger partial charge is 0.341 e. The molecular weight excluding hydrogens is 523 g/mol. The van der Waals surface area contributed by atoms with Crippen LogP contribution < -0.4 is 21.7 Å². The van der Waals surface area contributed by atoms with Crippen molar-refractivity contribution >= 4 is 46.5 Å². The fourth-order valence-corrected chi connectivity index (χ4v) is 3.64. The second-order valence-electron chi connectivity index (χ2n) is 9.60. The average molecular weight is 557 g/mol. The largest absolute Gasteiger partial charge is 0.461 e. The standard InChI is InChI=1S/C26H33FN8O5/c1-13(2)39-24(37)18(27)10-19(25(38)40-14(3)4)32-23(36)15-6-8-17(9-7-15)35(5)12-16-11-30-22-20(31-16)21(28)33-26(29)34-22/h6-9,11,13-14,18-19H,10,12H2,1-5H3,(H,32,36)(H4,28,29,30,33,34)/t18-,19+/m1/s1. The first-order valence-electron chi connectivity index (χ1n) is 12.6. The topological polar surface area (TPSA) is 189 Å². The van der Waals surface area contributed by atoms with Gasteiger partial charge in [-0.05, 0) is 52.0 Å². The van der Waals surface area contributed by atoms with Gasteiger partial charge in [-0.1, -0.05) is 0 Å². The highest BCUT2D eigenvalue weighted by atomic mass is 19.1. The molecule has 5 N–H and O–H groups in total. The molecule has 0 aliphatic carbocycles. The Kier molecular flexibility index (Phi) is 9.69. The van der Waals surface area contributed by atoms with Crippen molar-refractivity contribution < 1.29 is 28.2 Å². The van der Waals surface area contributed by atoms with E-state index in [0.29, 0.717) is 23.4 Å². The van der Waals surface area contributed by atoms with Crippen LogP contribution in [0.25, 0.3) is 11.2 Å². The van der Waals surface area contributed by atoms with Crippen LogP contribution in [0.2, 0.25) is 0 Å². The number of nitrogens with two attached hydrogens (primary N) is 2. The number of fused-ring (bicyclic) bond motifs is 1. The molecule has 13 nitrogen and oxygen atoms in total. The van der Waals surface area contributed by atoms with Crippen LogP contribution in [-0.2, 0) is 25.6 Å². The van der Waals surface area contributed by atoms with Gasteiger partial charge in [-0.15, -0.1) is 0 Å². The Hall–Kier alpha value is -4.62. The lowest BCUT2D eigenvalue weighted by atomic mass is 10.1. The number of benzene rings is 1. The van der Waals surface area contributed by atoms with Gasteiger partial charge in [0.15, 0.2) is 23.2 Å². The van der Waals surface area contributed by atoms with Gasteiger partial charge in [0.25, 0.3) is 5.91 Å². The monoisotopic (exact) mass is 556 g/mol. The fraction of sp³-hybridized carbons (Fsp3) is 0.423. The second kappa shape index (κ2) is 13.0. The minimum atomic E-state index is -2.12. The van der Waals surface area contributed by atoms with Gasteiger partial charge in [-0.2, -0.15) is 9.97 Å². The van der Waals surface area contributed by atoms with Crippen molar-refractivity contribution in [2.75, 3.05) is 23.4 Å². The summed E-state index contributed by atoms with van der Waals surface area (Å²) in [4.78, 5) is 55.9. The number of nitrogens with zero attached hydrogens (tertiary/aromatic N) is 5. The number of halogens is 1. The van der Waals surface area contributed by atoms with Gasteiger partial charge < -0.3 is 31.2 Å². The number of carbonyl (C=O) groups excluding carboxylic acids is 3. The number of amides is 1. The molecule has 2 aromatic heterocycles. The molecule has 0 saturated heterocycles. The first-order valence-corrected chi connectivity index (χ1v) is 12.6. The second-order valence-corrected chi connectivity index (χ2v) is 9.60. The Morgan fingerprint density at radius 1 is 0.975 bits per heavy atom. The molecule has 0 bridgehead atoms. The van der Waals surface area contributed by atoms with Crippen molar-refractivity contribution in [1.82, 2.24) is 25.3 Å². The maximum Gasteiger partial charge on any atom is 0.341 e. The van der Waals surface area contributed by atoms with E-state index >= 15 is 0 Å². The van der Waals surface area contributed by atoms with E-state index in [1.54, 1.807) is 58.2 Å². The zero-order valence-electron chi connectivity index (χ0n) is 22.9. The third kappa shape index (κ3) is 7.94. The summed E-state index contributed by atoms with van der Waals surface area (Å²) in [5, 5.41) is 2.47. The Balaban J connectivity index is 1.69. The van der Waals surface area contributed by atoms with Gasteiger partial charge in [0, 0.05) is 24.7 Å². The highest BCUT2D eigenvalue weighted by Crippen LogP contribution is 2.19. The van der Waals surface area contributed by atoms with Crippen molar-refractivity contribution in [2.45, 2.75) is 65.1 Å². The number of ether oxygens (including phenoxy) is 2. The van der Waals surface area contributed by atoms with Crippen LogP contribution in [0, 0.1) is 0 Å². The third-order valence-electron chi connectivity index (χ3n) is 5.46. The molecule has 0 spiro atoms. The molecular formula is C26H33FN8O5. The molecule has 0 aliphatic heterocycles. The zero-order chi connectivity index (χ0) is 29.6. The summed E-state index contributed by atoms with van der Waals surface area (Å²) < 4.78 is 24.5. The molecule has 0 unspecified atom stereocenters. The highest BCUT2D eigenvalue weighted by Gasteiger charge is 2.31. The van der Waals surface area contributed by atoms with Crippen LogP contribution in [-0.4, -0.2) is 69.3 Å². The summed E-state index contributed by atoms with van der Waals surface area (Å²) in [6, 6.07) is 5.09. The van der Waals surface area contributed by atoms with E-state index in [1.807, 2.05) is 11.9 Å². The number of hydrogen-bond donors (Lipinski definition) is 3.